The second-order valence-corrected chi connectivity index (χ2v) is 5.53. The fraction of sp³-hybridized carbons (Fsp3) is 0.182. The minimum Gasteiger partial charge on any atom is -0.348 e. The van der Waals surface area contributed by atoms with Crippen LogP contribution in [0.4, 0.5) is 8.78 Å². The van der Waals surface area contributed by atoms with Crippen LogP contribution in [0.15, 0.2) is 35.6 Å². The number of imidazole rings is 1. The third-order valence-electron chi connectivity index (χ3n) is 2.42. The molecule has 0 unspecified atom stereocenters. The predicted molar refractivity (Wildman–Crippen MR) is 63.8 cm³/mol. The van der Waals surface area contributed by atoms with Gasteiger partial charge in [-0.25, -0.2) is 26.9 Å². The number of H-pyrrole nitrogens is 1. The standard InChI is InChI=1S/C11H11F2N3O2S/c12-8-1-2-10(13)11(5-8)19(17,18)16-4-3-9-6-14-7-15-9/h1-2,5-7,16H,3-4H2,(H,14,15). The maximum Gasteiger partial charge on any atom is 0.243 e. The van der Waals surface area contributed by atoms with E-state index in [-0.39, 0.29) is 6.54 Å². The molecule has 19 heavy (non-hydrogen) atoms. The maximum absolute atomic E-state index is 13.4. The summed E-state index contributed by atoms with van der Waals surface area (Å²) >= 11 is 0. The first kappa shape index (κ1) is 13.6. The fourth-order valence-corrected chi connectivity index (χ4v) is 2.62. The molecule has 0 radical (unpaired) electrons. The van der Waals surface area contributed by atoms with Crippen molar-refractivity contribution in [1.29, 1.82) is 0 Å². The number of rotatable bonds is 5. The molecule has 1 aromatic carbocycles. The highest BCUT2D eigenvalue weighted by Gasteiger charge is 2.19. The van der Waals surface area contributed by atoms with Gasteiger partial charge in [0.2, 0.25) is 10.0 Å². The second kappa shape index (κ2) is 5.45. The number of sulfonamides is 1. The van der Waals surface area contributed by atoms with E-state index in [2.05, 4.69) is 14.7 Å². The predicted octanol–water partition coefficient (Wildman–Crippen LogP) is 1.21. The summed E-state index contributed by atoms with van der Waals surface area (Å²) < 4.78 is 52.1. The van der Waals surface area contributed by atoms with E-state index in [4.69, 9.17) is 0 Å². The number of nitrogens with one attached hydrogen (secondary N) is 2. The monoisotopic (exact) mass is 287 g/mol. The molecular weight excluding hydrogens is 276 g/mol. The molecule has 8 heteroatoms. The van der Waals surface area contributed by atoms with Crippen LogP contribution >= 0.6 is 0 Å². The Bertz CT molecular complexity index is 657. The topological polar surface area (TPSA) is 74.8 Å². The van der Waals surface area contributed by atoms with Crippen LogP contribution < -0.4 is 4.72 Å². The third kappa shape index (κ3) is 3.36. The van der Waals surface area contributed by atoms with Gasteiger partial charge in [-0.3, -0.25) is 0 Å². The number of nitrogens with zero attached hydrogens (tertiary/aromatic N) is 1. The minimum atomic E-state index is -4.07. The summed E-state index contributed by atoms with van der Waals surface area (Å²) in [6.45, 7) is 0.0560. The largest absolute Gasteiger partial charge is 0.348 e. The number of hydrogen-bond acceptors (Lipinski definition) is 3. The lowest BCUT2D eigenvalue weighted by atomic mass is 10.3. The first-order valence-corrected chi connectivity index (χ1v) is 6.89. The van der Waals surface area contributed by atoms with Crippen molar-refractivity contribution in [2.75, 3.05) is 6.54 Å². The molecule has 0 saturated carbocycles. The van der Waals surface area contributed by atoms with Gasteiger partial charge in [-0.15, -0.1) is 0 Å². The van der Waals surface area contributed by atoms with Gasteiger partial charge in [-0.1, -0.05) is 0 Å². The molecule has 2 aromatic rings. The molecule has 1 heterocycles. The number of benzene rings is 1. The number of aromatic nitrogens is 2. The molecule has 0 amide bonds. The van der Waals surface area contributed by atoms with Crippen molar-refractivity contribution < 1.29 is 17.2 Å². The molecule has 102 valence electrons. The smallest absolute Gasteiger partial charge is 0.243 e. The van der Waals surface area contributed by atoms with Gasteiger partial charge in [0.05, 0.1) is 6.33 Å². The zero-order chi connectivity index (χ0) is 13.9. The van der Waals surface area contributed by atoms with Crippen LogP contribution in [0.5, 0.6) is 0 Å². The van der Waals surface area contributed by atoms with Gasteiger partial charge in [0.15, 0.2) is 0 Å². The summed E-state index contributed by atoms with van der Waals surface area (Å²) in [5.74, 6) is -1.80. The Kier molecular flexibility index (Phi) is 3.91. The molecule has 0 aliphatic carbocycles. The maximum atomic E-state index is 13.4. The van der Waals surface area contributed by atoms with Gasteiger partial charge in [-0.05, 0) is 18.2 Å². The SMILES string of the molecule is O=S(=O)(NCCc1cnc[nH]1)c1cc(F)ccc1F. The minimum absolute atomic E-state index is 0.0560. The number of aromatic amines is 1. The molecule has 0 atom stereocenters. The number of halogens is 2. The van der Waals surface area contributed by atoms with E-state index >= 15 is 0 Å². The lowest BCUT2D eigenvalue weighted by Crippen LogP contribution is -2.27. The Hall–Kier alpha value is -1.80. The molecule has 2 rings (SSSR count). The highest BCUT2D eigenvalue weighted by Crippen LogP contribution is 2.15. The van der Waals surface area contributed by atoms with Crippen molar-refractivity contribution in [1.82, 2.24) is 14.7 Å². The first-order valence-electron chi connectivity index (χ1n) is 5.41. The fourth-order valence-electron chi connectivity index (χ4n) is 1.50. The Labute approximate surface area is 108 Å². The van der Waals surface area contributed by atoms with E-state index in [0.717, 1.165) is 17.8 Å². The van der Waals surface area contributed by atoms with E-state index in [0.29, 0.717) is 12.5 Å². The summed E-state index contributed by atoms with van der Waals surface area (Å²) in [5, 5.41) is 0. The van der Waals surface area contributed by atoms with Crippen molar-refractivity contribution in [2.24, 2.45) is 0 Å². The van der Waals surface area contributed by atoms with Crippen molar-refractivity contribution in [3.63, 3.8) is 0 Å². The van der Waals surface area contributed by atoms with Crippen LogP contribution in [0.1, 0.15) is 5.69 Å². The average Bonchev–Trinajstić information content (AvgIpc) is 2.85. The summed E-state index contributed by atoms with van der Waals surface area (Å²) in [6, 6.07) is 2.28. The Morgan fingerprint density at radius 2 is 2.11 bits per heavy atom. The molecule has 5 nitrogen and oxygen atoms in total. The first-order chi connectivity index (χ1) is 8.99. The van der Waals surface area contributed by atoms with Crippen molar-refractivity contribution in [3.05, 3.63) is 48.1 Å². The van der Waals surface area contributed by atoms with E-state index in [1.54, 1.807) is 6.20 Å². The summed E-state index contributed by atoms with van der Waals surface area (Å²) in [6.07, 6.45) is 3.39. The highest BCUT2D eigenvalue weighted by molar-refractivity contribution is 7.89. The molecule has 0 aliphatic rings. The molecule has 2 N–H and O–H groups in total. The van der Waals surface area contributed by atoms with Crippen LogP contribution in [0.25, 0.3) is 0 Å². The summed E-state index contributed by atoms with van der Waals surface area (Å²) in [4.78, 5) is 5.89. The molecule has 0 fully saturated rings. The Morgan fingerprint density at radius 1 is 1.32 bits per heavy atom. The van der Waals surface area contributed by atoms with Crippen molar-refractivity contribution >= 4 is 10.0 Å². The van der Waals surface area contributed by atoms with Crippen LogP contribution in [-0.4, -0.2) is 24.9 Å². The molecule has 1 aromatic heterocycles. The Balaban J connectivity index is 2.07. The normalized spacial score (nSPS) is 11.7. The Morgan fingerprint density at radius 3 is 2.79 bits per heavy atom. The van der Waals surface area contributed by atoms with Crippen molar-refractivity contribution in [2.45, 2.75) is 11.3 Å². The van der Waals surface area contributed by atoms with E-state index < -0.39 is 26.6 Å². The van der Waals surface area contributed by atoms with Crippen molar-refractivity contribution in [3.8, 4) is 0 Å². The average molecular weight is 287 g/mol. The van der Waals surface area contributed by atoms with Gasteiger partial charge in [0.1, 0.15) is 16.5 Å². The van der Waals surface area contributed by atoms with Crippen LogP contribution in [0.2, 0.25) is 0 Å². The highest BCUT2D eigenvalue weighted by atomic mass is 32.2. The quantitative estimate of drug-likeness (QED) is 0.868. The van der Waals surface area contributed by atoms with Gasteiger partial charge in [0.25, 0.3) is 0 Å². The zero-order valence-corrected chi connectivity index (χ0v) is 10.5. The second-order valence-electron chi connectivity index (χ2n) is 3.80. The lowest BCUT2D eigenvalue weighted by Gasteiger charge is -2.07. The van der Waals surface area contributed by atoms with E-state index in [1.807, 2.05) is 0 Å². The van der Waals surface area contributed by atoms with E-state index in [9.17, 15) is 17.2 Å². The lowest BCUT2D eigenvalue weighted by molar-refractivity contribution is 0.545. The molecule has 0 aliphatic heterocycles. The molecule has 0 saturated heterocycles. The zero-order valence-electron chi connectivity index (χ0n) is 9.73. The van der Waals surface area contributed by atoms with E-state index in [1.165, 1.54) is 6.33 Å². The molecule has 0 bridgehead atoms. The molecular formula is C11H11F2N3O2S. The van der Waals surface area contributed by atoms with Gasteiger partial charge >= 0.3 is 0 Å². The van der Waals surface area contributed by atoms with Gasteiger partial charge in [-0.2, -0.15) is 0 Å². The summed E-state index contributed by atoms with van der Waals surface area (Å²) in [5.41, 5.74) is 0.738. The molecule has 0 spiro atoms. The van der Waals surface area contributed by atoms with Crippen LogP contribution in [-0.2, 0) is 16.4 Å². The van der Waals surface area contributed by atoms with Gasteiger partial charge < -0.3 is 4.98 Å². The van der Waals surface area contributed by atoms with Crippen LogP contribution in [0, 0.1) is 11.6 Å². The van der Waals surface area contributed by atoms with Crippen LogP contribution in [0.3, 0.4) is 0 Å². The van der Waals surface area contributed by atoms with Gasteiger partial charge in [0, 0.05) is 24.9 Å². The number of hydrogen-bond donors (Lipinski definition) is 2. The third-order valence-corrected chi connectivity index (χ3v) is 3.90. The summed E-state index contributed by atoms with van der Waals surface area (Å²) in [7, 11) is -4.07.